The number of ketones is 1. The van der Waals surface area contributed by atoms with Crippen molar-refractivity contribution in [2.24, 2.45) is 17.8 Å². The molecule has 3 rings (SSSR count). The van der Waals surface area contributed by atoms with Gasteiger partial charge < -0.3 is 5.11 Å². The molecule has 0 heterocycles. The number of Topliss-reactive ketones (excluding diaryl/α,β-unsaturated/α-hetero) is 1. The van der Waals surface area contributed by atoms with Crippen LogP contribution in [-0.2, 0) is 24.1 Å². The Labute approximate surface area is 276 Å². The molecule has 1 atom stereocenters. The second kappa shape index (κ2) is 24.5. The molecule has 3 nitrogen and oxygen atoms in total. The Morgan fingerprint density at radius 2 is 0.953 bits per heavy atom. The van der Waals surface area contributed by atoms with Gasteiger partial charge in [0.15, 0.2) is 5.78 Å². The summed E-state index contributed by atoms with van der Waals surface area (Å²) in [4.78, 5) is 21.7. The van der Waals surface area contributed by atoms with Gasteiger partial charge in [0.2, 0.25) is 0 Å². The third-order valence-corrected chi connectivity index (χ3v) is 5.99. The summed E-state index contributed by atoms with van der Waals surface area (Å²) in [6, 6.07) is 26.4. The van der Waals surface area contributed by atoms with Crippen molar-refractivity contribution in [2.45, 2.75) is 80.6 Å². The summed E-state index contributed by atoms with van der Waals surface area (Å²) in [5, 5.41) is 8.85. The number of halogens is 4. The Bertz CT molecular complexity index is 1130. The van der Waals surface area contributed by atoms with Crippen LogP contribution in [0.2, 0.25) is 0 Å². The first-order valence-corrected chi connectivity index (χ1v) is 19.7. The van der Waals surface area contributed by atoms with Crippen LogP contribution in [0.25, 0.3) is 0 Å². The van der Waals surface area contributed by atoms with Gasteiger partial charge in [0.05, 0.1) is 5.92 Å². The van der Waals surface area contributed by atoms with Gasteiger partial charge in [-0.3, -0.25) is 14.3 Å². The van der Waals surface area contributed by atoms with Crippen LogP contribution in [0.15, 0.2) is 78.9 Å². The first kappa shape index (κ1) is 43.3. The van der Waals surface area contributed by atoms with E-state index in [0.29, 0.717) is 11.8 Å². The third kappa shape index (κ3) is 23.2. The molecule has 3 aromatic rings. The highest BCUT2D eigenvalue weighted by Gasteiger charge is 2.13. The third-order valence-electron chi connectivity index (χ3n) is 5.99. The van der Waals surface area contributed by atoms with Gasteiger partial charge in [0.25, 0.3) is 0 Å². The van der Waals surface area contributed by atoms with E-state index >= 15 is 0 Å². The fourth-order valence-corrected chi connectivity index (χ4v) is 3.99. The maximum Gasteiger partial charge on any atom is 0.643 e. The number of rotatable bonds is 9. The Hall–Kier alpha value is -1.87. The predicted octanol–water partition coefficient (Wildman–Crippen LogP) is 10.9. The molecule has 1 N–H and O–H groups in total. The molecule has 0 saturated carbocycles. The summed E-state index contributed by atoms with van der Waals surface area (Å²) in [6.45, 7) is 16.5. The van der Waals surface area contributed by atoms with Crippen LogP contribution in [0.5, 0.6) is 0 Å². The van der Waals surface area contributed by atoms with E-state index in [-0.39, 0.29) is 10.5 Å². The molecule has 0 aromatic heterocycles. The molecule has 43 heavy (non-hydrogen) atoms. The fourth-order valence-electron chi connectivity index (χ4n) is 3.99. The zero-order valence-corrected chi connectivity index (χ0v) is 30.2. The van der Waals surface area contributed by atoms with Crippen LogP contribution in [0.1, 0.15) is 93.9 Å². The van der Waals surface area contributed by atoms with E-state index in [9.17, 15) is 9.59 Å². The molecule has 3 aromatic carbocycles. The Morgan fingerprint density at radius 3 is 1.26 bits per heavy atom. The smallest absolute Gasteiger partial charge is 0.481 e. The Balaban J connectivity index is 0. The van der Waals surface area contributed by atoms with Crippen molar-refractivity contribution in [3.8, 4) is 0 Å². The molecule has 0 aliphatic carbocycles. The van der Waals surface area contributed by atoms with Gasteiger partial charge in [-0.05, 0) is 73.1 Å². The van der Waals surface area contributed by atoms with Gasteiger partial charge >= 0.3 is 17.4 Å². The van der Waals surface area contributed by atoms with E-state index in [1.807, 2.05) is 48.5 Å². The standard InChI is InChI=1S/C13H18O2.C12H16O.C10H14.Al.3ClH.FH/c1-9(2)8-11-4-6-12(7-5-11)10(3)13(14)15;1-9(2)8-11-4-6-12(7-5-11)10(3)13;1-9(2)8-10-6-4-3-5-7-10;;;;;/h4-7,9-10H,8H2,1-3H3,(H,14,15);4-7,9H,8H2,1-3H3;3-7,9H,8H2,1-2H3;;4*1H/q;;;+3;;;;/p-3. The van der Waals surface area contributed by atoms with Gasteiger partial charge in [-0.1, -0.05) is 120 Å². The van der Waals surface area contributed by atoms with Crippen LogP contribution in [0.3, 0.4) is 0 Å². The van der Waals surface area contributed by atoms with Gasteiger partial charge in [0.1, 0.15) is 0 Å². The molecule has 0 saturated heterocycles. The molecule has 0 aliphatic heterocycles. The second-order valence-corrected chi connectivity index (χ2v) is 18.0. The summed E-state index contributed by atoms with van der Waals surface area (Å²) >= 11 is -1.72. The molecule has 1 unspecified atom stereocenters. The Morgan fingerprint density at radius 1 is 0.628 bits per heavy atom. The number of carbonyl (C=O) groups is 2. The lowest BCUT2D eigenvalue weighted by Crippen LogP contribution is -2.07. The summed E-state index contributed by atoms with van der Waals surface area (Å²) < 4.78 is 0. The van der Waals surface area contributed by atoms with Crippen molar-refractivity contribution in [3.63, 3.8) is 0 Å². The first-order valence-electron chi connectivity index (χ1n) is 14.5. The van der Waals surface area contributed by atoms with E-state index in [4.69, 9.17) is 35.3 Å². The SMILES string of the molecule is CC(=O)c1ccc(CC(C)C)cc1.CC(C)Cc1ccc(C(C)C(=O)O)cc1.CC(C)Cc1ccccc1.F.[Cl][Al]([Cl])[Cl]. The van der Waals surface area contributed by atoms with Gasteiger partial charge in [-0.2, -0.15) is 0 Å². The normalized spacial score (nSPS) is 10.7. The van der Waals surface area contributed by atoms with Crippen LogP contribution < -0.4 is 0 Å². The lowest BCUT2D eigenvalue weighted by atomic mass is 9.97. The number of benzene rings is 3. The van der Waals surface area contributed by atoms with Crippen molar-refractivity contribution >= 4 is 53.3 Å². The average molecular weight is 670 g/mol. The number of carbonyl (C=O) groups excluding carboxylic acids is 1. The molecule has 0 bridgehead atoms. The molecule has 0 radical (unpaired) electrons. The van der Waals surface area contributed by atoms with E-state index in [0.717, 1.165) is 29.9 Å². The van der Waals surface area contributed by atoms with Crippen LogP contribution in [-0.4, -0.2) is 28.2 Å². The quantitative estimate of drug-likeness (QED) is 0.182. The largest absolute Gasteiger partial charge is 0.643 e. The summed E-state index contributed by atoms with van der Waals surface area (Å²) in [5.74, 6) is 1.01. The van der Waals surface area contributed by atoms with Crippen LogP contribution in [0, 0.1) is 17.8 Å². The zero-order chi connectivity index (χ0) is 32.2. The minimum Gasteiger partial charge on any atom is -0.481 e. The highest BCUT2D eigenvalue weighted by Crippen LogP contribution is 2.17. The van der Waals surface area contributed by atoms with Crippen LogP contribution >= 0.6 is 30.1 Å². The van der Waals surface area contributed by atoms with Crippen LogP contribution in [0.4, 0.5) is 4.70 Å². The monoisotopic (exact) mass is 668 g/mol. The molecule has 8 heteroatoms. The lowest BCUT2D eigenvalue weighted by molar-refractivity contribution is -0.138. The molecule has 0 aliphatic rings. The van der Waals surface area contributed by atoms with Crippen molar-refractivity contribution in [1.82, 2.24) is 0 Å². The summed E-state index contributed by atoms with van der Waals surface area (Å²) in [6.07, 6.45) is 3.32. The topological polar surface area (TPSA) is 54.4 Å². The number of hydrogen-bond donors (Lipinski definition) is 1. The van der Waals surface area contributed by atoms with Gasteiger partial charge in [0, 0.05) is 5.56 Å². The second-order valence-electron chi connectivity index (χ2n) is 11.6. The van der Waals surface area contributed by atoms with E-state index in [1.165, 1.54) is 23.1 Å². The molecule has 0 spiro atoms. The lowest BCUT2D eigenvalue weighted by Gasteiger charge is -2.09. The molecule has 0 fully saturated rings. The van der Waals surface area contributed by atoms with Crippen molar-refractivity contribution in [3.05, 3.63) is 107 Å². The summed E-state index contributed by atoms with van der Waals surface area (Å²) in [5.41, 5.74) is 5.69. The van der Waals surface area contributed by atoms with E-state index < -0.39 is 23.3 Å². The maximum absolute atomic E-state index is 11.0. The average Bonchev–Trinajstić information content (AvgIpc) is 2.89. The maximum atomic E-state index is 11.0. The van der Waals surface area contributed by atoms with E-state index in [1.54, 1.807) is 13.8 Å². The van der Waals surface area contributed by atoms with Crippen molar-refractivity contribution in [1.29, 1.82) is 0 Å². The summed E-state index contributed by atoms with van der Waals surface area (Å²) in [7, 11) is 14.8. The van der Waals surface area contributed by atoms with Crippen molar-refractivity contribution < 1.29 is 19.4 Å². The fraction of sp³-hybridized carbons (Fsp3) is 0.429. The highest BCUT2D eigenvalue weighted by atomic mass is 35.8. The number of aliphatic carboxylic acids is 1. The minimum atomic E-state index is -1.72. The molecule has 0 amide bonds. The number of carboxylic acid groups (broad SMARTS) is 1. The highest BCUT2D eigenvalue weighted by molar-refractivity contribution is 7.54. The molecular formula is C35H49AlCl3FO3. The zero-order valence-electron chi connectivity index (χ0n) is 26.8. The van der Waals surface area contributed by atoms with Gasteiger partial charge in [-0.25, -0.2) is 30.1 Å². The number of hydrogen-bond acceptors (Lipinski definition) is 2. The molecular weight excluding hydrogens is 621 g/mol. The van der Waals surface area contributed by atoms with Gasteiger partial charge in [-0.15, -0.1) is 0 Å². The first-order chi connectivity index (χ1) is 19.6. The molecule has 238 valence electrons. The van der Waals surface area contributed by atoms with E-state index in [2.05, 4.69) is 71.9 Å². The van der Waals surface area contributed by atoms with Crippen molar-refractivity contribution in [2.75, 3.05) is 0 Å². The minimum absolute atomic E-state index is 0. The number of carboxylic acids is 1. The Kier molecular flexibility index (Phi) is 24.6. The predicted molar refractivity (Wildman–Crippen MR) is 187 cm³/mol.